The fourth-order valence-corrected chi connectivity index (χ4v) is 5.49. The highest BCUT2D eigenvalue weighted by Gasteiger charge is 2.41. The minimum atomic E-state index is -3.98. The Hall–Kier alpha value is -3.69. The van der Waals surface area contributed by atoms with Crippen molar-refractivity contribution >= 4 is 45.1 Å². The summed E-state index contributed by atoms with van der Waals surface area (Å²) in [5.41, 5.74) is 8.68. The number of hydrogen-bond donors (Lipinski definition) is 3. The summed E-state index contributed by atoms with van der Waals surface area (Å²) < 4.78 is 28.4. The molecule has 0 spiro atoms. The standard InChI is InChI=1S/C22H27N9O4S2/c1-13-8-18(32)30(37(34,35)29(2)3)10-16(13)20-27-22(31(28-20)21(33)17-11-36-12-26-17)25-9-14-4-6-15(7-5-14)19(23)24/h4-7,11-13,16H,8-10H2,1-3H3,(H3,23,24)(H,25,27,28). The fourth-order valence-electron chi connectivity index (χ4n) is 3.89. The lowest BCUT2D eigenvalue weighted by molar-refractivity contribution is -0.130. The molecule has 2 aromatic heterocycles. The molecule has 13 nitrogen and oxygen atoms in total. The molecule has 3 aromatic rings. The number of amides is 1. The van der Waals surface area contributed by atoms with Gasteiger partial charge in [0.15, 0.2) is 5.82 Å². The number of piperidine rings is 1. The molecule has 2 atom stereocenters. The van der Waals surface area contributed by atoms with Crippen molar-refractivity contribution in [3.63, 3.8) is 0 Å². The van der Waals surface area contributed by atoms with E-state index in [9.17, 15) is 18.0 Å². The first-order valence-corrected chi connectivity index (χ1v) is 13.6. The normalized spacial score (nSPS) is 18.3. The second kappa shape index (κ2) is 10.4. The Morgan fingerprint density at radius 3 is 2.59 bits per heavy atom. The van der Waals surface area contributed by atoms with Gasteiger partial charge in [0.25, 0.3) is 0 Å². The van der Waals surface area contributed by atoms with E-state index in [0.717, 1.165) is 18.9 Å². The van der Waals surface area contributed by atoms with Gasteiger partial charge in [0.2, 0.25) is 11.9 Å². The third-order valence-electron chi connectivity index (χ3n) is 6.08. The number of rotatable bonds is 8. The van der Waals surface area contributed by atoms with Crippen LogP contribution in [0, 0.1) is 11.3 Å². The lowest BCUT2D eigenvalue weighted by Gasteiger charge is -2.35. The van der Waals surface area contributed by atoms with Crippen molar-refractivity contribution in [3.8, 4) is 0 Å². The first-order valence-electron chi connectivity index (χ1n) is 11.3. The van der Waals surface area contributed by atoms with Crippen LogP contribution in [0.3, 0.4) is 0 Å². The molecule has 0 radical (unpaired) electrons. The lowest BCUT2D eigenvalue weighted by atomic mass is 9.87. The number of carbonyl (C=O) groups excluding carboxylic acids is 2. The monoisotopic (exact) mass is 545 g/mol. The van der Waals surface area contributed by atoms with E-state index in [1.165, 1.54) is 30.9 Å². The molecule has 4 rings (SSSR count). The van der Waals surface area contributed by atoms with Crippen LogP contribution in [0.2, 0.25) is 0 Å². The first kappa shape index (κ1) is 26.4. The molecule has 1 aromatic carbocycles. The summed E-state index contributed by atoms with van der Waals surface area (Å²) in [5, 5.41) is 16.7. The van der Waals surface area contributed by atoms with Crippen LogP contribution in [0.4, 0.5) is 5.95 Å². The van der Waals surface area contributed by atoms with Crippen LogP contribution >= 0.6 is 11.3 Å². The molecule has 1 fully saturated rings. The molecule has 1 saturated heterocycles. The van der Waals surface area contributed by atoms with Gasteiger partial charge in [-0.05, 0) is 11.5 Å². The highest BCUT2D eigenvalue weighted by molar-refractivity contribution is 7.87. The molecule has 0 saturated carbocycles. The number of carbonyl (C=O) groups is 2. The maximum Gasteiger partial charge on any atom is 0.305 e. The minimum absolute atomic E-state index is 0.00241. The van der Waals surface area contributed by atoms with Crippen molar-refractivity contribution in [1.82, 2.24) is 28.4 Å². The number of nitrogens with one attached hydrogen (secondary N) is 2. The second-order valence-corrected chi connectivity index (χ2v) is 11.6. The third-order valence-corrected chi connectivity index (χ3v) is 8.50. The molecule has 2 unspecified atom stereocenters. The molecular weight excluding hydrogens is 518 g/mol. The molecule has 1 amide bonds. The van der Waals surface area contributed by atoms with E-state index >= 15 is 0 Å². The van der Waals surface area contributed by atoms with Gasteiger partial charge in [-0.3, -0.25) is 15.0 Å². The number of thiazole rings is 1. The highest BCUT2D eigenvalue weighted by atomic mass is 32.2. The minimum Gasteiger partial charge on any atom is -0.384 e. The Morgan fingerprint density at radius 2 is 2.00 bits per heavy atom. The number of benzene rings is 1. The summed E-state index contributed by atoms with van der Waals surface area (Å²) in [4.78, 5) is 34.4. The molecule has 1 aliphatic rings. The number of hydrogen-bond acceptors (Lipinski definition) is 10. The second-order valence-electron chi connectivity index (χ2n) is 8.85. The van der Waals surface area contributed by atoms with Crippen molar-refractivity contribution in [3.05, 3.63) is 57.8 Å². The summed E-state index contributed by atoms with van der Waals surface area (Å²) in [6, 6.07) is 7.03. The fraction of sp³-hybridized carbons (Fsp3) is 0.364. The van der Waals surface area contributed by atoms with E-state index < -0.39 is 27.9 Å². The molecule has 37 heavy (non-hydrogen) atoms. The summed E-state index contributed by atoms with van der Waals surface area (Å²) >= 11 is 1.27. The van der Waals surface area contributed by atoms with E-state index in [1.54, 1.807) is 29.6 Å². The quantitative estimate of drug-likeness (QED) is 0.276. The van der Waals surface area contributed by atoms with Gasteiger partial charge in [-0.15, -0.1) is 16.4 Å². The van der Waals surface area contributed by atoms with Crippen LogP contribution in [0.5, 0.6) is 0 Å². The number of anilines is 1. The smallest absolute Gasteiger partial charge is 0.305 e. The molecule has 1 aliphatic heterocycles. The third kappa shape index (κ3) is 5.38. The van der Waals surface area contributed by atoms with Crippen LogP contribution < -0.4 is 11.1 Å². The predicted octanol–water partition coefficient (Wildman–Crippen LogP) is 1.08. The van der Waals surface area contributed by atoms with Crippen molar-refractivity contribution in [2.24, 2.45) is 11.7 Å². The van der Waals surface area contributed by atoms with Crippen molar-refractivity contribution in [2.45, 2.75) is 25.8 Å². The lowest BCUT2D eigenvalue weighted by Crippen LogP contribution is -2.50. The molecule has 4 N–H and O–H groups in total. The number of nitrogens with two attached hydrogens (primary N) is 1. The van der Waals surface area contributed by atoms with Gasteiger partial charge in [-0.1, -0.05) is 31.2 Å². The summed E-state index contributed by atoms with van der Waals surface area (Å²) in [7, 11) is -1.26. The molecule has 0 aliphatic carbocycles. The van der Waals surface area contributed by atoms with E-state index in [-0.39, 0.29) is 42.2 Å². The number of nitrogens with zero attached hydrogens (tertiary/aromatic N) is 6. The maximum absolute atomic E-state index is 13.2. The van der Waals surface area contributed by atoms with Gasteiger partial charge in [-0.2, -0.15) is 22.4 Å². The molecular formula is C22H27N9O4S2. The van der Waals surface area contributed by atoms with E-state index in [2.05, 4.69) is 20.4 Å². The zero-order valence-corrected chi connectivity index (χ0v) is 22.1. The van der Waals surface area contributed by atoms with Crippen molar-refractivity contribution in [2.75, 3.05) is 26.0 Å². The zero-order valence-electron chi connectivity index (χ0n) is 20.5. The van der Waals surface area contributed by atoms with Gasteiger partial charge < -0.3 is 11.1 Å². The Kier molecular flexibility index (Phi) is 7.38. The van der Waals surface area contributed by atoms with Gasteiger partial charge in [-0.25, -0.2) is 9.29 Å². The predicted molar refractivity (Wildman–Crippen MR) is 137 cm³/mol. The average Bonchev–Trinajstić information content (AvgIpc) is 3.53. The summed E-state index contributed by atoms with van der Waals surface area (Å²) in [5.74, 6) is -1.39. The topological polar surface area (TPSA) is 180 Å². The van der Waals surface area contributed by atoms with Crippen LogP contribution in [-0.4, -0.2) is 75.1 Å². The van der Waals surface area contributed by atoms with Crippen molar-refractivity contribution < 1.29 is 18.0 Å². The highest BCUT2D eigenvalue weighted by Crippen LogP contribution is 2.33. The molecule has 3 heterocycles. The van der Waals surface area contributed by atoms with Crippen LogP contribution in [-0.2, 0) is 21.5 Å². The largest absolute Gasteiger partial charge is 0.384 e. The Labute approximate surface area is 218 Å². The maximum atomic E-state index is 13.2. The number of amidine groups is 1. The van der Waals surface area contributed by atoms with Gasteiger partial charge in [0.1, 0.15) is 11.5 Å². The SMILES string of the molecule is CC1CC(=O)N(S(=O)(=O)N(C)C)CC1c1nc(NCc2ccc(C(=N)N)cc2)n(C(=O)c2cscn2)n1. The zero-order chi connectivity index (χ0) is 26.9. The first-order chi connectivity index (χ1) is 17.5. The van der Waals surface area contributed by atoms with Crippen molar-refractivity contribution in [1.29, 1.82) is 5.41 Å². The van der Waals surface area contributed by atoms with Crippen LogP contribution in [0.15, 0.2) is 35.2 Å². The van der Waals surface area contributed by atoms with E-state index in [1.807, 2.05) is 6.92 Å². The van der Waals surface area contributed by atoms with Gasteiger partial charge >= 0.3 is 16.1 Å². The van der Waals surface area contributed by atoms with Crippen LogP contribution in [0.1, 0.15) is 46.7 Å². The molecule has 15 heteroatoms. The van der Waals surface area contributed by atoms with Gasteiger partial charge in [0.05, 0.1) is 5.51 Å². The van der Waals surface area contributed by atoms with Gasteiger partial charge in [0, 0.05) is 50.5 Å². The Balaban J connectivity index is 1.66. The average molecular weight is 546 g/mol. The summed E-state index contributed by atoms with van der Waals surface area (Å²) in [6.07, 6.45) is -0.00241. The number of aromatic nitrogens is 4. The van der Waals surface area contributed by atoms with Crippen LogP contribution in [0.25, 0.3) is 0 Å². The van der Waals surface area contributed by atoms with E-state index in [0.29, 0.717) is 12.1 Å². The van der Waals surface area contributed by atoms with E-state index in [4.69, 9.17) is 11.1 Å². The Bertz CT molecular complexity index is 1420. The molecule has 196 valence electrons. The molecule has 0 bridgehead atoms. The Morgan fingerprint density at radius 1 is 1.30 bits per heavy atom. The summed E-state index contributed by atoms with van der Waals surface area (Å²) in [6.45, 7) is 1.98. The number of nitrogen functional groups attached to an aromatic ring is 1.